The molecular weight excluding hydrogens is 408 g/mol. The normalized spacial score (nSPS) is 61.7. The zero-order valence-corrected chi connectivity index (χ0v) is 19.7. The molecule has 1 spiro atoms. The number of hydrogen-bond acceptors (Lipinski definition) is 6. The molecular formula is C26H42O6. The predicted octanol–water partition coefficient (Wildman–Crippen LogP) is 2.46. The number of aliphatic hydroxyl groups excluding tert-OH is 4. The van der Waals surface area contributed by atoms with Crippen LogP contribution in [0.4, 0.5) is 0 Å². The minimum Gasteiger partial charge on any atom is -0.396 e. The summed E-state index contributed by atoms with van der Waals surface area (Å²) in [6.45, 7) is 5.39. The average molecular weight is 451 g/mol. The van der Waals surface area contributed by atoms with Crippen LogP contribution in [0.1, 0.15) is 71.6 Å². The van der Waals surface area contributed by atoms with Crippen molar-refractivity contribution in [1.29, 1.82) is 0 Å². The monoisotopic (exact) mass is 450 g/mol. The molecule has 6 fully saturated rings. The highest BCUT2D eigenvalue weighted by molar-refractivity contribution is 5.15. The van der Waals surface area contributed by atoms with Gasteiger partial charge in [0.15, 0.2) is 5.79 Å². The molecule has 6 aliphatic rings. The van der Waals surface area contributed by atoms with Gasteiger partial charge in [0, 0.05) is 18.9 Å². The van der Waals surface area contributed by atoms with Gasteiger partial charge < -0.3 is 29.9 Å². The maximum Gasteiger partial charge on any atom is 0.195 e. The SMILES string of the molecule is C[C@]12CC[C@H]3[C@@H](CC[C@H]4C[C@@H](O)[C@H](O)C[C@@]43C)[C@@H]1C[C@H]1O[C@]3(C[C@@H]12)OC[C@H](CO)C[C@H]3O. The van der Waals surface area contributed by atoms with Gasteiger partial charge in [-0.25, -0.2) is 0 Å². The minimum atomic E-state index is -0.876. The Bertz CT molecular complexity index is 746. The van der Waals surface area contributed by atoms with Crippen LogP contribution in [0.15, 0.2) is 0 Å². The summed E-state index contributed by atoms with van der Waals surface area (Å²) in [7, 11) is 0. The van der Waals surface area contributed by atoms with Crippen molar-refractivity contribution in [2.45, 2.75) is 102 Å². The average Bonchev–Trinajstić information content (AvgIpc) is 3.25. The lowest BCUT2D eigenvalue weighted by Gasteiger charge is -2.61. The van der Waals surface area contributed by atoms with Crippen LogP contribution in [-0.2, 0) is 9.47 Å². The van der Waals surface area contributed by atoms with Crippen LogP contribution in [0.25, 0.3) is 0 Å². The molecule has 0 unspecified atom stereocenters. The highest BCUT2D eigenvalue weighted by Gasteiger charge is 2.68. The number of rotatable bonds is 1. The molecule has 4 saturated carbocycles. The van der Waals surface area contributed by atoms with Crippen LogP contribution < -0.4 is 0 Å². The Morgan fingerprint density at radius 2 is 1.66 bits per heavy atom. The second kappa shape index (κ2) is 7.38. The molecule has 2 aliphatic heterocycles. The van der Waals surface area contributed by atoms with Crippen molar-refractivity contribution >= 4 is 0 Å². The third-order valence-electron chi connectivity index (χ3n) is 11.6. The number of ether oxygens (including phenoxy) is 2. The third kappa shape index (κ3) is 2.92. The second-order valence-electron chi connectivity index (χ2n) is 12.9. The Kier molecular flexibility index (Phi) is 5.13. The van der Waals surface area contributed by atoms with E-state index in [-0.39, 0.29) is 29.5 Å². The molecule has 4 aliphatic carbocycles. The Hall–Kier alpha value is -0.240. The second-order valence-corrected chi connectivity index (χ2v) is 12.9. The molecule has 2 saturated heterocycles. The van der Waals surface area contributed by atoms with Crippen LogP contribution in [0.3, 0.4) is 0 Å². The van der Waals surface area contributed by atoms with Crippen molar-refractivity contribution in [3.63, 3.8) is 0 Å². The van der Waals surface area contributed by atoms with E-state index < -0.39 is 24.1 Å². The molecule has 0 bridgehead atoms. The Balaban J connectivity index is 1.22. The van der Waals surface area contributed by atoms with Gasteiger partial charge in [-0.2, -0.15) is 0 Å². The molecule has 6 heteroatoms. The van der Waals surface area contributed by atoms with Crippen molar-refractivity contribution in [2.24, 2.45) is 46.3 Å². The summed E-state index contributed by atoms with van der Waals surface area (Å²) in [6.07, 6.45) is 6.98. The van der Waals surface area contributed by atoms with E-state index in [0.717, 1.165) is 25.7 Å². The lowest BCUT2D eigenvalue weighted by molar-refractivity contribution is -0.303. The molecule has 4 N–H and O–H groups in total. The van der Waals surface area contributed by atoms with E-state index in [9.17, 15) is 20.4 Å². The van der Waals surface area contributed by atoms with Gasteiger partial charge in [-0.15, -0.1) is 0 Å². The Morgan fingerprint density at radius 1 is 0.844 bits per heavy atom. The van der Waals surface area contributed by atoms with E-state index in [0.29, 0.717) is 42.6 Å². The molecule has 32 heavy (non-hydrogen) atoms. The summed E-state index contributed by atoms with van der Waals surface area (Å²) in [5.74, 6) is 1.98. The molecule has 0 aromatic heterocycles. The Morgan fingerprint density at radius 3 is 2.41 bits per heavy atom. The third-order valence-corrected chi connectivity index (χ3v) is 11.6. The highest BCUT2D eigenvalue weighted by atomic mass is 16.7. The summed E-state index contributed by atoms with van der Waals surface area (Å²) < 4.78 is 12.7. The van der Waals surface area contributed by atoms with Crippen molar-refractivity contribution in [3.05, 3.63) is 0 Å². The maximum atomic E-state index is 10.9. The van der Waals surface area contributed by atoms with E-state index in [1.807, 2.05) is 0 Å². The van der Waals surface area contributed by atoms with Crippen LogP contribution in [-0.4, -0.2) is 63.8 Å². The summed E-state index contributed by atoms with van der Waals surface area (Å²) >= 11 is 0. The number of aliphatic hydroxyl groups is 4. The first-order chi connectivity index (χ1) is 15.2. The number of hydrogen-bond donors (Lipinski definition) is 4. The first kappa shape index (κ1) is 22.2. The molecule has 0 aromatic rings. The van der Waals surface area contributed by atoms with E-state index in [2.05, 4.69) is 13.8 Å². The quantitative estimate of drug-likeness (QED) is 0.490. The molecule has 6 nitrogen and oxygen atoms in total. The molecule has 6 rings (SSSR count). The molecule has 0 aromatic carbocycles. The highest BCUT2D eigenvalue weighted by Crippen LogP contribution is 2.70. The first-order valence-electron chi connectivity index (χ1n) is 13.2. The molecule has 13 atom stereocenters. The van der Waals surface area contributed by atoms with Crippen molar-refractivity contribution in [1.82, 2.24) is 0 Å². The molecule has 0 radical (unpaired) electrons. The van der Waals surface area contributed by atoms with Gasteiger partial charge in [-0.05, 0) is 91.8 Å². The maximum absolute atomic E-state index is 10.9. The van der Waals surface area contributed by atoms with E-state index in [4.69, 9.17) is 9.47 Å². The van der Waals surface area contributed by atoms with Gasteiger partial charge in [0.05, 0.1) is 24.9 Å². The fraction of sp³-hybridized carbons (Fsp3) is 1.00. The van der Waals surface area contributed by atoms with Crippen LogP contribution in [0.5, 0.6) is 0 Å². The van der Waals surface area contributed by atoms with Gasteiger partial charge in [0.25, 0.3) is 0 Å². The smallest absolute Gasteiger partial charge is 0.195 e. The van der Waals surface area contributed by atoms with Crippen LogP contribution >= 0.6 is 0 Å². The fourth-order valence-corrected chi connectivity index (χ4v) is 9.83. The molecule has 182 valence electrons. The number of fused-ring (bicyclic) bond motifs is 7. The van der Waals surface area contributed by atoms with Gasteiger partial charge in [-0.1, -0.05) is 13.8 Å². The fourth-order valence-electron chi connectivity index (χ4n) is 9.83. The standard InChI is InChI=1S/C26H42O6/c1-24-6-5-17-16(4-3-15-8-20(28)21(29)11-25(15,17)2)18(24)9-22-19(24)10-26(32-22)23(30)7-14(12-27)13-31-26/h14-23,27-30H,3-13H2,1-2H3/t14-,15-,16+,17-,18-,19-,20+,21+,22+,23+,24-,25-,26-/m0/s1. The van der Waals surface area contributed by atoms with Crippen molar-refractivity contribution in [3.8, 4) is 0 Å². The zero-order chi connectivity index (χ0) is 22.5. The molecule has 2 heterocycles. The molecule has 0 amide bonds. The lowest BCUT2D eigenvalue weighted by Crippen LogP contribution is -2.57. The van der Waals surface area contributed by atoms with Gasteiger partial charge in [-0.3, -0.25) is 0 Å². The Labute approximate surface area is 191 Å². The summed E-state index contributed by atoms with van der Waals surface area (Å²) in [6, 6.07) is 0. The van der Waals surface area contributed by atoms with Crippen LogP contribution in [0, 0.1) is 46.3 Å². The van der Waals surface area contributed by atoms with Crippen molar-refractivity contribution < 1.29 is 29.9 Å². The van der Waals surface area contributed by atoms with Gasteiger partial charge >= 0.3 is 0 Å². The van der Waals surface area contributed by atoms with Gasteiger partial charge in [0.2, 0.25) is 0 Å². The summed E-state index contributed by atoms with van der Waals surface area (Å²) in [5, 5.41) is 41.2. The van der Waals surface area contributed by atoms with E-state index in [1.54, 1.807) is 0 Å². The van der Waals surface area contributed by atoms with E-state index in [1.165, 1.54) is 25.7 Å². The van der Waals surface area contributed by atoms with Gasteiger partial charge in [0.1, 0.15) is 6.10 Å². The minimum absolute atomic E-state index is 0.00118. The first-order valence-corrected chi connectivity index (χ1v) is 13.2. The zero-order valence-electron chi connectivity index (χ0n) is 19.7. The largest absolute Gasteiger partial charge is 0.396 e. The topological polar surface area (TPSA) is 99.4 Å². The lowest BCUT2D eigenvalue weighted by atomic mass is 9.44. The predicted molar refractivity (Wildman–Crippen MR) is 117 cm³/mol. The van der Waals surface area contributed by atoms with E-state index >= 15 is 0 Å². The summed E-state index contributed by atoms with van der Waals surface area (Å²) in [4.78, 5) is 0. The summed E-state index contributed by atoms with van der Waals surface area (Å²) in [5.41, 5.74) is 0.340. The van der Waals surface area contributed by atoms with Crippen LogP contribution in [0.2, 0.25) is 0 Å². The van der Waals surface area contributed by atoms with Crippen molar-refractivity contribution in [2.75, 3.05) is 13.2 Å².